The van der Waals surface area contributed by atoms with Crippen molar-refractivity contribution in [1.82, 2.24) is 5.32 Å². The van der Waals surface area contributed by atoms with E-state index in [0.29, 0.717) is 23.4 Å². The van der Waals surface area contributed by atoms with Gasteiger partial charge in [-0.25, -0.2) is 4.39 Å². The first-order valence-electron chi connectivity index (χ1n) is 5.81. The number of amides is 1. The van der Waals surface area contributed by atoms with Crippen molar-refractivity contribution in [2.75, 3.05) is 0 Å². The topological polar surface area (TPSA) is 49.3 Å². The molecule has 1 aromatic rings. The van der Waals surface area contributed by atoms with Crippen molar-refractivity contribution in [2.24, 2.45) is 5.92 Å². The Labute approximate surface area is 110 Å². The lowest BCUT2D eigenvalue weighted by Crippen LogP contribution is -2.48. The summed E-state index contributed by atoms with van der Waals surface area (Å²) in [4.78, 5) is 11.7. The molecule has 1 aromatic carbocycles. The molecule has 1 amide bonds. The Morgan fingerprint density at radius 3 is 2.83 bits per heavy atom. The third kappa shape index (κ3) is 3.00. The van der Waals surface area contributed by atoms with E-state index in [-0.39, 0.29) is 18.4 Å². The lowest BCUT2D eigenvalue weighted by Gasteiger charge is -2.39. The van der Waals surface area contributed by atoms with Crippen LogP contribution in [-0.2, 0) is 11.3 Å². The molecule has 0 atom stereocenters. The van der Waals surface area contributed by atoms with E-state index in [0.717, 1.165) is 0 Å². The molecule has 1 fully saturated rings. The fraction of sp³-hybridized carbons (Fsp3) is 0.462. The van der Waals surface area contributed by atoms with Crippen LogP contribution in [0.1, 0.15) is 25.3 Å². The van der Waals surface area contributed by atoms with Crippen LogP contribution in [0.2, 0.25) is 5.02 Å². The summed E-state index contributed by atoms with van der Waals surface area (Å²) < 4.78 is 13.4. The zero-order valence-corrected chi connectivity index (χ0v) is 10.8. The van der Waals surface area contributed by atoms with Gasteiger partial charge in [-0.2, -0.15) is 0 Å². The lowest BCUT2D eigenvalue weighted by atomic mass is 9.72. The molecule has 0 radical (unpaired) electrons. The number of hydrogen-bond donors (Lipinski definition) is 2. The number of aliphatic hydroxyl groups is 1. The third-order valence-corrected chi connectivity index (χ3v) is 3.45. The molecule has 1 saturated carbocycles. The quantitative estimate of drug-likeness (QED) is 0.886. The number of carbonyl (C=O) groups is 1. The van der Waals surface area contributed by atoms with E-state index in [1.54, 1.807) is 19.1 Å². The highest BCUT2D eigenvalue weighted by molar-refractivity contribution is 6.30. The van der Waals surface area contributed by atoms with E-state index in [4.69, 9.17) is 11.6 Å². The molecule has 1 aliphatic rings. The fourth-order valence-corrected chi connectivity index (χ4v) is 2.34. The maximum Gasteiger partial charge on any atom is 0.223 e. The van der Waals surface area contributed by atoms with Crippen LogP contribution in [0.4, 0.5) is 4.39 Å². The number of nitrogens with one attached hydrogen (secondary N) is 1. The van der Waals surface area contributed by atoms with Gasteiger partial charge in [-0.05, 0) is 31.9 Å². The maximum absolute atomic E-state index is 13.4. The third-order valence-electron chi connectivity index (χ3n) is 3.21. The van der Waals surface area contributed by atoms with Gasteiger partial charge in [-0.1, -0.05) is 17.7 Å². The Morgan fingerprint density at radius 2 is 2.28 bits per heavy atom. The van der Waals surface area contributed by atoms with E-state index in [2.05, 4.69) is 5.32 Å². The minimum Gasteiger partial charge on any atom is -0.390 e. The minimum atomic E-state index is -0.729. The molecule has 0 heterocycles. The SMILES string of the molecule is CC1(O)CC(C(=O)NCc2ccc(Cl)cc2F)C1. The minimum absolute atomic E-state index is 0.139. The zero-order valence-electron chi connectivity index (χ0n) is 10.0. The second-order valence-electron chi connectivity index (χ2n) is 5.06. The van der Waals surface area contributed by atoms with Crippen LogP contribution >= 0.6 is 11.6 Å². The molecule has 2 N–H and O–H groups in total. The standard InChI is InChI=1S/C13H15ClFNO2/c1-13(18)5-9(6-13)12(17)16-7-8-2-3-10(14)4-11(8)15/h2-4,9,18H,5-7H2,1H3,(H,16,17). The molecule has 0 aromatic heterocycles. The van der Waals surface area contributed by atoms with Gasteiger partial charge in [0, 0.05) is 23.0 Å². The molecule has 0 saturated heterocycles. The fourth-order valence-electron chi connectivity index (χ4n) is 2.18. The monoisotopic (exact) mass is 271 g/mol. The van der Waals surface area contributed by atoms with Gasteiger partial charge in [-0.3, -0.25) is 4.79 Å². The predicted molar refractivity (Wildman–Crippen MR) is 66.6 cm³/mol. The average molecular weight is 272 g/mol. The van der Waals surface area contributed by atoms with Crippen LogP contribution < -0.4 is 5.32 Å². The predicted octanol–water partition coefficient (Wildman–Crippen LogP) is 2.26. The first kappa shape index (κ1) is 13.3. The summed E-state index contributed by atoms with van der Waals surface area (Å²) in [6.07, 6.45) is 0.921. The molecule has 0 unspecified atom stereocenters. The van der Waals surface area contributed by atoms with Crippen molar-refractivity contribution < 1.29 is 14.3 Å². The molecule has 98 valence electrons. The molecular formula is C13H15ClFNO2. The molecule has 0 spiro atoms. The second-order valence-corrected chi connectivity index (χ2v) is 5.49. The Balaban J connectivity index is 1.86. The van der Waals surface area contributed by atoms with E-state index in [1.165, 1.54) is 6.07 Å². The van der Waals surface area contributed by atoms with Crippen LogP contribution in [0, 0.1) is 11.7 Å². The van der Waals surface area contributed by atoms with E-state index >= 15 is 0 Å². The molecule has 0 aliphatic heterocycles. The molecule has 5 heteroatoms. The van der Waals surface area contributed by atoms with Crippen LogP contribution in [0.5, 0.6) is 0 Å². The van der Waals surface area contributed by atoms with Crippen molar-refractivity contribution in [2.45, 2.75) is 31.9 Å². The normalized spacial score (nSPS) is 26.6. The molecule has 3 nitrogen and oxygen atoms in total. The summed E-state index contributed by atoms with van der Waals surface area (Å²) in [5, 5.41) is 12.5. The number of rotatable bonds is 3. The van der Waals surface area contributed by atoms with E-state index < -0.39 is 11.4 Å². The van der Waals surface area contributed by atoms with E-state index in [9.17, 15) is 14.3 Å². The number of hydrogen-bond acceptors (Lipinski definition) is 2. The average Bonchev–Trinajstić information content (AvgIpc) is 2.24. The van der Waals surface area contributed by atoms with Gasteiger partial charge < -0.3 is 10.4 Å². The van der Waals surface area contributed by atoms with Crippen LogP contribution in [0.3, 0.4) is 0 Å². The number of carbonyl (C=O) groups excluding carboxylic acids is 1. The summed E-state index contributed by atoms with van der Waals surface area (Å²) in [5.74, 6) is -0.741. The zero-order chi connectivity index (χ0) is 13.3. The van der Waals surface area contributed by atoms with Crippen LogP contribution in [0.25, 0.3) is 0 Å². The molecular weight excluding hydrogens is 257 g/mol. The number of benzene rings is 1. The highest BCUT2D eigenvalue weighted by atomic mass is 35.5. The second kappa shape index (κ2) is 4.86. The maximum atomic E-state index is 13.4. The lowest BCUT2D eigenvalue weighted by molar-refractivity contribution is -0.139. The first-order valence-corrected chi connectivity index (χ1v) is 6.19. The van der Waals surface area contributed by atoms with Gasteiger partial charge in [0.25, 0.3) is 0 Å². The van der Waals surface area contributed by atoms with Crippen molar-refractivity contribution in [3.8, 4) is 0 Å². The van der Waals surface area contributed by atoms with Crippen LogP contribution in [0.15, 0.2) is 18.2 Å². The Morgan fingerprint density at radius 1 is 1.61 bits per heavy atom. The molecule has 2 rings (SSSR count). The first-order chi connectivity index (χ1) is 8.37. The van der Waals surface area contributed by atoms with Gasteiger partial charge >= 0.3 is 0 Å². The van der Waals surface area contributed by atoms with Gasteiger partial charge in [0.2, 0.25) is 5.91 Å². The molecule has 0 bridgehead atoms. The summed E-state index contributed by atoms with van der Waals surface area (Å²) in [6.45, 7) is 1.84. The van der Waals surface area contributed by atoms with Crippen molar-refractivity contribution >= 4 is 17.5 Å². The summed E-state index contributed by atoms with van der Waals surface area (Å²) in [6, 6.07) is 4.35. The summed E-state index contributed by atoms with van der Waals surface area (Å²) in [5.41, 5.74) is -0.327. The van der Waals surface area contributed by atoms with Crippen molar-refractivity contribution in [3.05, 3.63) is 34.6 Å². The molecule has 18 heavy (non-hydrogen) atoms. The summed E-state index contributed by atoms with van der Waals surface area (Å²) >= 11 is 5.64. The van der Waals surface area contributed by atoms with Gasteiger partial charge in [-0.15, -0.1) is 0 Å². The Kier molecular flexibility index (Phi) is 3.59. The van der Waals surface area contributed by atoms with Crippen LogP contribution in [-0.4, -0.2) is 16.6 Å². The number of halogens is 2. The highest BCUT2D eigenvalue weighted by Crippen LogP contribution is 2.37. The van der Waals surface area contributed by atoms with Gasteiger partial charge in [0.15, 0.2) is 0 Å². The highest BCUT2D eigenvalue weighted by Gasteiger charge is 2.42. The smallest absolute Gasteiger partial charge is 0.223 e. The van der Waals surface area contributed by atoms with Gasteiger partial charge in [0.1, 0.15) is 5.82 Å². The Bertz CT molecular complexity index is 468. The largest absolute Gasteiger partial charge is 0.390 e. The molecule has 1 aliphatic carbocycles. The van der Waals surface area contributed by atoms with Crippen molar-refractivity contribution in [1.29, 1.82) is 0 Å². The van der Waals surface area contributed by atoms with Crippen molar-refractivity contribution in [3.63, 3.8) is 0 Å². The summed E-state index contributed by atoms with van der Waals surface area (Å²) in [7, 11) is 0. The Hall–Kier alpha value is -1.13. The van der Waals surface area contributed by atoms with E-state index in [1.807, 2.05) is 0 Å². The van der Waals surface area contributed by atoms with Gasteiger partial charge in [0.05, 0.1) is 5.60 Å².